The van der Waals surface area contributed by atoms with Crippen molar-refractivity contribution >= 4 is 19.3 Å². The van der Waals surface area contributed by atoms with Gasteiger partial charge in [-0.1, -0.05) is 6.92 Å². The number of nitro groups is 1. The zero-order valence-electron chi connectivity index (χ0n) is 12.6. The highest BCUT2D eigenvalue weighted by molar-refractivity contribution is 7.53. The van der Waals surface area contributed by atoms with Crippen LogP contribution in [0.25, 0.3) is 0 Å². The molecule has 0 saturated heterocycles. The Morgan fingerprint density at radius 2 is 1.82 bits per heavy atom. The molecular formula is C13H18NO7P. The van der Waals surface area contributed by atoms with Crippen LogP contribution >= 0.6 is 7.60 Å². The van der Waals surface area contributed by atoms with E-state index >= 15 is 0 Å². The van der Waals surface area contributed by atoms with Gasteiger partial charge in [-0.15, -0.1) is 0 Å². The molecule has 0 aliphatic rings. The first-order valence-electron chi connectivity index (χ1n) is 6.51. The first-order chi connectivity index (χ1) is 10.3. The average molecular weight is 331 g/mol. The average Bonchev–Trinajstić information content (AvgIpc) is 2.53. The monoisotopic (exact) mass is 331 g/mol. The van der Waals surface area contributed by atoms with E-state index in [1.165, 1.54) is 38.5 Å². The third-order valence-electron chi connectivity index (χ3n) is 3.03. The summed E-state index contributed by atoms with van der Waals surface area (Å²) in [5.74, 6) is -0.652. The number of ether oxygens (including phenoxy) is 1. The summed E-state index contributed by atoms with van der Waals surface area (Å²) in [6, 6.07) is 5.04. The van der Waals surface area contributed by atoms with Crippen molar-refractivity contribution in [3.05, 3.63) is 39.9 Å². The third kappa shape index (κ3) is 4.91. The normalized spacial score (nSPS) is 12.7. The summed E-state index contributed by atoms with van der Waals surface area (Å²) in [6.07, 6.45) is -0.279. The van der Waals surface area contributed by atoms with Crippen LogP contribution in [-0.2, 0) is 18.3 Å². The SMILES string of the molecule is CC[C@@H](CP(=O)(OC)OC)OC(=O)c1ccc([N+](=O)[O-])cc1. The van der Waals surface area contributed by atoms with Gasteiger partial charge in [-0.3, -0.25) is 14.7 Å². The van der Waals surface area contributed by atoms with E-state index in [0.29, 0.717) is 6.42 Å². The second-order valence-corrected chi connectivity index (χ2v) is 6.72. The molecule has 1 aromatic carbocycles. The van der Waals surface area contributed by atoms with Gasteiger partial charge in [0.1, 0.15) is 6.10 Å². The first-order valence-corrected chi connectivity index (χ1v) is 8.24. The van der Waals surface area contributed by atoms with Gasteiger partial charge in [-0.05, 0) is 18.6 Å². The minimum absolute atomic E-state index is 0.0603. The molecule has 0 radical (unpaired) electrons. The van der Waals surface area contributed by atoms with Crippen LogP contribution < -0.4 is 0 Å². The van der Waals surface area contributed by atoms with Crippen LogP contribution in [0.15, 0.2) is 24.3 Å². The number of nitrogens with zero attached hydrogens (tertiary/aromatic N) is 1. The highest BCUT2D eigenvalue weighted by Crippen LogP contribution is 2.47. The van der Waals surface area contributed by atoms with Gasteiger partial charge in [-0.2, -0.15) is 0 Å². The summed E-state index contributed by atoms with van der Waals surface area (Å²) >= 11 is 0. The van der Waals surface area contributed by atoms with Gasteiger partial charge >= 0.3 is 13.6 Å². The maximum absolute atomic E-state index is 12.0. The lowest BCUT2D eigenvalue weighted by Gasteiger charge is -2.20. The van der Waals surface area contributed by atoms with Crippen LogP contribution in [0.1, 0.15) is 23.7 Å². The van der Waals surface area contributed by atoms with Crippen LogP contribution in [0, 0.1) is 10.1 Å². The molecule has 0 heterocycles. The molecule has 0 fully saturated rings. The smallest absolute Gasteiger partial charge is 0.338 e. The molecule has 0 aliphatic carbocycles. The van der Waals surface area contributed by atoms with Gasteiger partial charge in [-0.25, -0.2) is 4.79 Å². The largest absolute Gasteiger partial charge is 0.458 e. The molecule has 9 heteroatoms. The molecule has 0 aliphatic heterocycles. The van der Waals surface area contributed by atoms with Crippen LogP contribution in [0.5, 0.6) is 0 Å². The molecule has 0 spiro atoms. The highest BCUT2D eigenvalue weighted by atomic mass is 31.2. The predicted molar refractivity (Wildman–Crippen MR) is 79.1 cm³/mol. The van der Waals surface area contributed by atoms with Crippen molar-refractivity contribution in [2.45, 2.75) is 19.4 Å². The quantitative estimate of drug-likeness (QED) is 0.312. The van der Waals surface area contributed by atoms with Gasteiger partial charge in [0.2, 0.25) is 0 Å². The van der Waals surface area contributed by atoms with Crippen molar-refractivity contribution in [1.82, 2.24) is 0 Å². The Morgan fingerprint density at radius 3 is 2.23 bits per heavy atom. The van der Waals surface area contributed by atoms with E-state index in [9.17, 15) is 19.5 Å². The number of hydrogen-bond acceptors (Lipinski definition) is 7. The Bertz CT molecular complexity index is 564. The van der Waals surface area contributed by atoms with Crippen molar-refractivity contribution in [1.29, 1.82) is 0 Å². The summed E-state index contributed by atoms with van der Waals surface area (Å²) in [5.41, 5.74) is 0.0561. The van der Waals surface area contributed by atoms with Crippen LogP contribution in [0.4, 0.5) is 5.69 Å². The van der Waals surface area contributed by atoms with E-state index < -0.39 is 24.6 Å². The van der Waals surface area contributed by atoms with E-state index in [4.69, 9.17) is 13.8 Å². The Hall–Kier alpha value is -1.76. The van der Waals surface area contributed by atoms with Gasteiger partial charge < -0.3 is 13.8 Å². The molecule has 8 nitrogen and oxygen atoms in total. The fourth-order valence-electron chi connectivity index (χ4n) is 1.66. The molecule has 22 heavy (non-hydrogen) atoms. The molecule has 0 amide bonds. The van der Waals surface area contributed by atoms with Crippen molar-refractivity contribution in [2.75, 3.05) is 20.4 Å². The third-order valence-corrected chi connectivity index (χ3v) is 4.99. The van der Waals surface area contributed by atoms with Gasteiger partial charge in [0.25, 0.3) is 5.69 Å². The number of non-ortho nitro benzene ring substituents is 1. The lowest BCUT2D eigenvalue weighted by atomic mass is 10.2. The lowest BCUT2D eigenvalue weighted by molar-refractivity contribution is -0.384. The number of hydrogen-bond donors (Lipinski definition) is 0. The molecule has 122 valence electrons. The maximum atomic E-state index is 12.0. The molecule has 0 N–H and O–H groups in total. The number of rotatable bonds is 8. The molecule has 0 unspecified atom stereocenters. The summed E-state index contributed by atoms with van der Waals surface area (Å²) in [7, 11) is -0.771. The summed E-state index contributed by atoms with van der Waals surface area (Å²) in [4.78, 5) is 22.0. The molecule has 0 bridgehead atoms. The lowest BCUT2D eigenvalue weighted by Crippen LogP contribution is -2.22. The zero-order chi connectivity index (χ0) is 16.8. The minimum Gasteiger partial charge on any atom is -0.458 e. The van der Waals surface area contributed by atoms with Crippen molar-refractivity contribution < 1.29 is 28.1 Å². The van der Waals surface area contributed by atoms with E-state index in [1.807, 2.05) is 0 Å². The number of benzene rings is 1. The Morgan fingerprint density at radius 1 is 1.27 bits per heavy atom. The second-order valence-electron chi connectivity index (χ2n) is 4.40. The zero-order valence-corrected chi connectivity index (χ0v) is 13.4. The summed E-state index contributed by atoms with van der Waals surface area (Å²) < 4.78 is 26.9. The molecular weight excluding hydrogens is 313 g/mol. The Balaban J connectivity index is 2.76. The standard InChI is InChI=1S/C13H18NO7P/c1-4-12(9-22(18,19-2)20-3)21-13(15)10-5-7-11(8-6-10)14(16)17/h5-8,12H,4,9H2,1-3H3/t12-/m0/s1. The molecule has 1 aromatic rings. The maximum Gasteiger partial charge on any atom is 0.338 e. The minimum atomic E-state index is -3.29. The van der Waals surface area contributed by atoms with Crippen LogP contribution in [0.3, 0.4) is 0 Å². The number of esters is 1. The van der Waals surface area contributed by atoms with Crippen molar-refractivity contribution in [3.63, 3.8) is 0 Å². The van der Waals surface area contributed by atoms with E-state index in [1.54, 1.807) is 6.92 Å². The number of carbonyl (C=O) groups excluding carboxylic acids is 1. The number of carbonyl (C=O) groups is 1. The predicted octanol–water partition coefficient (Wildman–Crippen LogP) is 3.02. The topological polar surface area (TPSA) is 105 Å². The molecule has 0 aromatic heterocycles. The Labute approximate surface area is 128 Å². The highest BCUT2D eigenvalue weighted by Gasteiger charge is 2.28. The Kier molecular flexibility index (Phi) is 6.67. The molecule has 0 saturated carbocycles. The number of nitro benzene ring substituents is 1. The van der Waals surface area contributed by atoms with Crippen LogP contribution in [-0.4, -0.2) is 37.4 Å². The summed E-state index contributed by atoms with van der Waals surface area (Å²) in [5, 5.41) is 10.6. The van der Waals surface area contributed by atoms with E-state index in [0.717, 1.165) is 0 Å². The summed E-state index contributed by atoms with van der Waals surface area (Å²) in [6.45, 7) is 1.77. The van der Waals surface area contributed by atoms with Crippen LogP contribution in [0.2, 0.25) is 0 Å². The second kappa shape index (κ2) is 8.03. The van der Waals surface area contributed by atoms with Crippen molar-refractivity contribution in [3.8, 4) is 0 Å². The van der Waals surface area contributed by atoms with Crippen molar-refractivity contribution in [2.24, 2.45) is 0 Å². The van der Waals surface area contributed by atoms with Gasteiger partial charge in [0, 0.05) is 26.4 Å². The van der Waals surface area contributed by atoms with Gasteiger partial charge in [0.15, 0.2) is 0 Å². The molecule has 1 rings (SSSR count). The fraction of sp³-hybridized carbons (Fsp3) is 0.462. The van der Waals surface area contributed by atoms with Gasteiger partial charge in [0.05, 0.1) is 16.6 Å². The fourth-order valence-corrected chi connectivity index (χ4v) is 2.94. The first kappa shape index (κ1) is 18.3. The van der Waals surface area contributed by atoms with E-state index in [-0.39, 0.29) is 17.4 Å². The molecule has 1 atom stereocenters. The van der Waals surface area contributed by atoms with E-state index in [2.05, 4.69) is 0 Å².